The predicted octanol–water partition coefficient (Wildman–Crippen LogP) is 3.91. The van der Waals surface area contributed by atoms with Crippen molar-refractivity contribution in [2.45, 2.75) is 56.9 Å². The molecule has 6 nitrogen and oxygen atoms in total. The summed E-state index contributed by atoms with van der Waals surface area (Å²) in [6, 6.07) is 3.49. The smallest absolute Gasteiger partial charge is 0.417 e. The molecule has 2 aromatic rings. The van der Waals surface area contributed by atoms with Crippen LogP contribution in [-0.2, 0) is 25.6 Å². The minimum Gasteiger partial charge on any atom is -0.469 e. The van der Waals surface area contributed by atoms with Crippen LogP contribution in [0.5, 0.6) is 0 Å². The number of amides is 2. The second-order valence-corrected chi connectivity index (χ2v) is 8.62. The molecule has 0 radical (unpaired) electrons. The van der Waals surface area contributed by atoms with Crippen molar-refractivity contribution in [1.29, 1.82) is 0 Å². The summed E-state index contributed by atoms with van der Waals surface area (Å²) in [5.41, 5.74) is 1.58. The number of aryl methyl sites for hydroxylation is 1. The summed E-state index contributed by atoms with van der Waals surface area (Å²) < 4.78 is 44.6. The highest BCUT2D eigenvalue weighted by molar-refractivity contribution is 5.75. The van der Waals surface area contributed by atoms with Crippen LogP contribution in [0.2, 0.25) is 0 Å². The molecule has 3 aliphatic rings. The standard InChI is InChI=1S/C22H25F3N4O2/c23-22(24,25)15-10-14-12-28(8-5-18(14)26-11-15)21(30)29-7-4-16(13-29)27-19-2-1-3-20-17(19)6-9-31-20/h6,9-11,16,19,27H,1-5,7-8,12-13H2. The van der Waals surface area contributed by atoms with Crippen molar-refractivity contribution in [3.8, 4) is 0 Å². The number of hydrogen-bond donors (Lipinski definition) is 1. The van der Waals surface area contributed by atoms with Crippen molar-refractivity contribution in [3.05, 3.63) is 52.7 Å². The van der Waals surface area contributed by atoms with Gasteiger partial charge in [-0.15, -0.1) is 0 Å². The maximum atomic E-state index is 13.1. The van der Waals surface area contributed by atoms with Crippen LogP contribution in [0.1, 0.15) is 53.4 Å². The van der Waals surface area contributed by atoms with Gasteiger partial charge in [0.2, 0.25) is 0 Å². The largest absolute Gasteiger partial charge is 0.469 e. The highest BCUT2D eigenvalue weighted by Crippen LogP contribution is 2.33. The Kier molecular flexibility index (Phi) is 5.16. The van der Waals surface area contributed by atoms with Gasteiger partial charge in [-0.2, -0.15) is 13.2 Å². The Morgan fingerprint density at radius 1 is 1.19 bits per heavy atom. The van der Waals surface area contributed by atoms with Crippen LogP contribution in [0.15, 0.2) is 29.0 Å². The number of likely N-dealkylation sites (tertiary alicyclic amines) is 1. The summed E-state index contributed by atoms with van der Waals surface area (Å²) in [7, 11) is 0. The van der Waals surface area contributed by atoms with E-state index in [0.29, 0.717) is 37.3 Å². The Bertz CT molecular complexity index is 974. The molecule has 2 aliphatic heterocycles. The van der Waals surface area contributed by atoms with E-state index in [1.165, 1.54) is 5.56 Å². The number of pyridine rings is 1. The van der Waals surface area contributed by atoms with E-state index in [-0.39, 0.29) is 24.7 Å². The zero-order valence-electron chi connectivity index (χ0n) is 17.1. The van der Waals surface area contributed by atoms with Crippen LogP contribution in [0.3, 0.4) is 0 Å². The molecule has 2 atom stereocenters. The monoisotopic (exact) mass is 434 g/mol. The average molecular weight is 434 g/mol. The lowest BCUT2D eigenvalue weighted by Gasteiger charge is -2.32. The van der Waals surface area contributed by atoms with Crippen LogP contribution in [0, 0.1) is 0 Å². The number of furan rings is 1. The summed E-state index contributed by atoms with van der Waals surface area (Å²) in [6.07, 6.45) is 2.61. The lowest BCUT2D eigenvalue weighted by atomic mass is 9.93. The number of rotatable bonds is 2. The second-order valence-electron chi connectivity index (χ2n) is 8.62. The van der Waals surface area contributed by atoms with Crippen LogP contribution < -0.4 is 5.32 Å². The first-order valence-corrected chi connectivity index (χ1v) is 10.8. The van der Waals surface area contributed by atoms with Gasteiger partial charge in [-0.25, -0.2) is 4.79 Å². The topological polar surface area (TPSA) is 61.6 Å². The first kappa shape index (κ1) is 20.4. The zero-order valence-corrected chi connectivity index (χ0v) is 17.1. The van der Waals surface area contributed by atoms with Crippen molar-refractivity contribution >= 4 is 6.03 Å². The van der Waals surface area contributed by atoms with Crippen molar-refractivity contribution in [2.24, 2.45) is 0 Å². The van der Waals surface area contributed by atoms with E-state index >= 15 is 0 Å². The van der Waals surface area contributed by atoms with E-state index in [1.54, 1.807) is 11.2 Å². The van der Waals surface area contributed by atoms with Gasteiger partial charge in [0.25, 0.3) is 0 Å². The van der Waals surface area contributed by atoms with E-state index in [0.717, 1.165) is 43.7 Å². The predicted molar refractivity (Wildman–Crippen MR) is 106 cm³/mol. The van der Waals surface area contributed by atoms with Gasteiger partial charge in [0.15, 0.2) is 0 Å². The lowest BCUT2D eigenvalue weighted by molar-refractivity contribution is -0.137. The fourth-order valence-corrected chi connectivity index (χ4v) is 4.96. The van der Waals surface area contributed by atoms with Crippen molar-refractivity contribution in [1.82, 2.24) is 20.1 Å². The molecule has 2 unspecified atom stereocenters. The van der Waals surface area contributed by atoms with Crippen LogP contribution >= 0.6 is 0 Å². The third kappa shape index (κ3) is 4.03. The minimum absolute atomic E-state index is 0.111. The number of urea groups is 1. The Morgan fingerprint density at radius 2 is 2.06 bits per heavy atom. The Hall–Kier alpha value is -2.55. The van der Waals surface area contributed by atoms with Gasteiger partial charge in [-0.3, -0.25) is 4.98 Å². The van der Waals surface area contributed by atoms with Crippen molar-refractivity contribution < 1.29 is 22.4 Å². The maximum absolute atomic E-state index is 13.1. The number of alkyl halides is 3. The number of fused-ring (bicyclic) bond motifs is 2. The molecule has 9 heteroatoms. The number of hydrogen-bond acceptors (Lipinski definition) is 4. The van der Waals surface area contributed by atoms with E-state index < -0.39 is 11.7 Å². The number of carbonyl (C=O) groups excluding carboxylic acids is 1. The van der Waals surface area contributed by atoms with Gasteiger partial charge in [0, 0.05) is 68.6 Å². The van der Waals surface area contributed by atoms with E-state index in [1.807, 2.05) is 11.0 Å². The summed E-state index contributed by atoms with van der Waals surface area (Å²) >= 11 is 0. The van der Waals surface area contributed by atoms with Crippen molar-refractivity contribution in [3.63, 3.8) is 0 Å². The molecule has 2 aromatic heterocycles. The quantitative estimate of drug-likeness (QED) is 0.779. The van der Waals surface area contributed by atoms with Gasteiger partial charge in [-0.05, 0) is 37.0 Å². The second kappa shape index (κ2) is 7.85. The van der Waals surface area contributed by atoms with Crippen molar-refractivity contribution in [2.75, 3.05) is 19.6 Å². The molecular weight excluding hydrogens is 409 g/mol. The zero-order chi connectivity index (χ0) is 21.6. The molecule has 1 fully saturated rings. The van der Waals surface area contributed by atoms with Crippen LogP contribution in [0.4, 0.5) is 18.0 Å². The van der Waals surface area contributed by atoms with Gasteiger partial charge >= 0.3 is 12.2 Å². The minimum atomic E-state index is -4.43. The Balaban J connectivity index is 1.21. The molecule has 5 rings (SSSR count). The van der Waals surface area contributed by atoms with E-state index in [4.69, 9.17) is 4.42 Å². The SMILES string of the molecule is O=C(N1CCc2ncc(C(F)(F)F)cc2C1)N1CCC(NC2CCCc3occc32)C1. The molecule has 0 aromatic carbocycles. The van der Waals surface area contributed by atoms with Gasteiger partial charge in [0.05, 0.1) is 11.8 Å². The number of carbonyl (C=O) groups is 1. The molecule has 4 heterocycles. The molecule has 0 bridgehead atoms. The summed E-state index contributed by atoms with van der Waals surface area (Å²) in [6.45, 7) is 1.89. The molecule has 31 heavy (non-hydrogen) atoms. The number of halogens is 3. The Labute approximate surface area is 178 Å². The maximum Gasteiger partial charge on any atom is 0.417 e. The molecule has 0 saturated carbocycles. The lowest BCUT2D eigenvalue weighted by Crippen LogP contribution is -2.46. The van der Waals surface area contributed by atoms with Crippen LogP contribution in [0.25, 0.3) is 0 Å². The third-order valence-electron chi connectivity index (χ3n) is 6.59. The highest BCUT2D eigenvalue weighted by atomic mass is 19.4. The summed E-state index contributed by atoms with van der Waals surface area (Å²) in [5.74, 6) is 1.05. The van der Waals surface area contributed by atoms with Gasteiger partial charge in [0.1, 0.15) is 5.76 Å². The summed E-state index contributed by atoms with van der Waals surface area (Å²) in [4.78, 5) is 20.5. The number of nitrogens with zero attached hydrogens (tertiary/aromatic N) is 3. The van der Waals surface area contributed by atoms with Crippen LogP contribution in [-0.4, -0.2) is 46.5 Å². The fraction of sp³-hybridized carbons (Fsp3) is 0.545. The molecule has 1 N–H and O–H groups in total. The molecule has 1 saturated heterocycles. The molecular formula is C22H25F3N4O2. The van der Waals surface area contributed by atoms with Gasteiger partial charge < -0.3 is 19.5 Å². The number of aromatic nitrogens is 1. The molecule has 0 spiro atoms. The van der Waals surface area contributed by atoms with E-state index in [9.17, 15) is 18.0 Å². The Morgan fingerprint density at radius 3 is 2.90 bits per heavy atom. The molecule has 2 amide bonds. The van der Waals surface area contributed by atoms with Gasteiger partial charge in [-0.1, -0.05) is 0 Å². The average Bonchev–Trinajstić information content (AvgIpc) is 3.42. The summed E-state index contributed by atoms with van der Waals surface area (Å²) in [5, 5.41) is 3.68. The first-order valence-electron chi connectivity index (χ1n) is 10.8. The molecule has 166 valence electrons. The normalized spacial score (nSPS) is 23.6. The fourth-order valence-electron chi connectivity index (χ4n) is 4.96. The third-order valence-corrected chi connectivity index (χ3v) is 6.59. The van der Waals surface area contributed by atoms with E-state index in [2.05, 4.69) is 10.3 Å². The highest BCUT2D eigenvalue weighted by Gasteiger charge is 2.35. The first-order chi connectivity index (χ1) is 14.9. The molecule has 1 aliphatic carbocycles. The number of nitrogens with one attached hydrogen (secondary N) is 1.